The molecule has 0 aromatic carbocycles. The first-order chi connectivity index (χ1) is 8.47. The maximum absolute atomic E-state index is 11.6. The molecular weight excluding hydrogens is 240 g/mol. The molecule has 18 heavy (non-hydrogen) atoms. The van der Waals surface area contributed by atoms with Gasteiger partial charge in [-0.05, 0) is 19.8 Å². The van der Waals surface area contributed by atoms with E-state index in [1.54, 1.807) is 0 Å². The molecule has 0 aromatic rings. The summed E-state index contributed by atoms with van der Waals surface area (Å²) in [5.74, 6) is -1.10. The molecule has 104 valence electrons. The summed E-state index contributed by atoms with van der Waals surface area (Å²) in [6.45, 7) is 3.11. The molecule has 1 heterocycles. The summed E-state index contributed by atoms with van der Waals surface area (Å²) >= 11 is 0. The van der Waals surface area contributed by atoms with Crippen LogP contribution in [-0.4, -0.2) is 55.6 Å². The SMILES string of the molecule is COC(CNC(=O)NC1(C)CCOCC1)C(=O)O. The zero-order chi connectivity index (χ0) is 13.6. The van der Waals surface area contributed by atoms with E-state index in [2.05, 4.69) is 10.6 Å². The minimum Gasteiger partial charge on any atom is -0.479 e. The predicted octanol–water partition coefficient (Wildman–Crippen LogP) is -0.0457. The van der Waals surface area contributed by atoms with Gasteiger partial charge in [-0.15, -0.1) is 0 Å². The Morgan fingerprint density at radius 2 is 2.06 bits per heavy atom. The van der Waals surface area contributed by atoms with Crippen molar-refractivity contribution in [1.29, 1.82) is 0 Å². The van der Waals surface area contributed by atoms with Crippen LogP contribution < -0.4 is 10.6 Å². The molecule has 3 N–H and O–H groups in total. The van der Waals surface area contributed by atoms with E-state index < -0.39 is 12.1 Å². The molecular formula is C11H20N2O5. The number of carbonyl (C=O) groups is 2. The van der Waals surface area contributed by atoms with Crippen molar-refractivity contribution >= 4 is 12.0 Å². The van der Waals surface area contributed by atoms with Crippen molar-refractivity contribution in [2.45, 2.75) is 31.4 Å². The molecule has 0 radical (unpaired) electrons. The van der Waals surface area contributed by atoms with Crippen LogP contribution in [0.15, 0.2) is 0 Å². The van der Waals surface area contributed by atoms with Gasteiger partial charge in [-0.2, -0.15) is 0 Å². The average molecular weight is 260 g/mol. The fourth-order valence-corrected chi connectivity index (χ4v) is 1.72. The topological polar surface area (TPSA) is 96.9 Å². The molecule has 1 unspecified atom stereocenters. The molecule has 2 amide bonds. The monoisotopic (exact) mass is 260 g/mol. The van der Waals surface area contributed by atoms with E-state index in [4.69, 9.17) is 14.6 Å². The molecule has 1 saturated heterocycles. The average Bonchev–Trinajstić information content (AvgIpc) is 2.29. The van der Waals surface area contributed by atoms with Gasteiger partial charge in [0.1, 0.15) is 0 Å². The first-order valence-electron chi connectivity index (χ1n) is 5.86. The molecule has 0 aliphatic carbocycles. The quantitative estimate of drug-likeness (QED) is 0.644. The van der Waals surface area contributed by atoms with Crippen LogP contribution in [0.3, 0.4) is 0 Å². The van der Waals surface area contributed by atoms with Gasteiger partial charge in [-0.25, -0.2) is 9.59 Å². The Hall–Kier alpha value is -1.34. The summed E-state index contributed by atoms with van der Waals surface area (Å²) in [5.41, 5.74) is -0.297. The highest BCUT2D eigenvalue weighted by atomic mass is 16.5. The fraction of sp³-hybridized carbons (Fsp3) is 0.818. The standard InChI is InChI=1S/C11H20N2O5/c1-11(3-5-18-6-4-11)13-10(16)12-7-8(17-2)9(14)15/h8H,3-7H2,1-2H3,(H,14,15)(H2,12,13,16). The van der Waals surface area contributed by atoms with E-state index in [-0.39, 0.29) is 18.1 Å². The summed E-state index contributed by atoms with van der Waals surface area (Å²) in [5, 5.41) is 14.1. The summed E-state index contributed by atoms with van der Waals surface area (Å²) in [4.78, 5) is 22.3. The van der Waals surface area contributed by atoms with Crippen LogP contribution in [0.2, 0.25) is 0 Å². The fourth-order valence-electron chi connectivity index (χ4n) is 1.72. The van der Waals surface area contributed by atoms with Gasteiger partial charge in [-0.1, -0.05) is 0 Å². The molecule has 0 spiro atoms. The number of aliphatic carboxylic acids is 1. The molecule has 1 fully saturated rings. The molecule has 1 aliphatic rings. The van der Waals surface area contributed by atoms with E-state index in [1.165, 1.54) is 7.11 Å². The third-order valence-electron chi connectivity index (χ3n) is 3.02. The van der Waals surface area contributed by atoms with Crippen LogP contribution in [0.5, 0.6) is 0 Å². The minimum atomic E-state index is -1.10. The maximum Gasteiger partial charge on any atom is 0.334 e. The second-order valence-corrected chi connectivity index (χ2v) is 4.57. The number of rotatable bonds is 5. The largest absolute Gasteiger partial charge is 0.479 e. The van der Waals surface area contributed by atoms with Gasteiger partial charge in [0.2, 0.25) is 0 Å². The lowest BCUT2D eigenvalue weighted by Gasteiger charge is -2.34. The van der Waals surface area contributed by atoms with Crippen molar-refractivity contribution in [2.75, 3.05) is 26.9 Å². The normalized spacial score (nSPS) is 19.9. The number of hydrogen-bond donors (Lipinski definition) is 3. The molecule has 7 heteroatoms. The summed E-state index contributed by atoms with van der Waals surface area (Å²) in [6, 6.07) is -0.386. The van der Waals surface area contributed by atoms with Gasteiger partial charge in [0.05, 0.1) is 6.54 Å². The molecule has 0 bridgehead atoms. The van der Waals surface area contributed by atoms with Crippen LogP contribution >= 0.6 is 0 Å². The molecule has 1 rings (SSSR count). The van der Waals surface area contributed by atoms with Crippen LogP contribution in [-0.2, 0) is 14.3 Å². The lowest BCUT2D eigenvalue weighted by Crippen LogP contribution is -2.54. The Morgan fingerprint density at radius 1 is 1.44 bits per heavy atom. The van der Waals surface area contributed by atoms with Crippen LogP contribution in [0, 0.1) is 0 Å². The Morgan fingerprint density at radius 3 is 2.56 bits per heavy atom. The molecule has 0 saturated carbocycles. The summed E-state index contributed by atoms with van der Waals surface area (Å²) in [7, 11) is 1.29. The number of amides is 2. The van der Waals surface area contributed by atoms with E-state index in [0.717, 1.165) is 12.8 Å². The van der Waals surface area contributed by atoms with Gasteiger partial charge < -0.3 is 25.2 Å². The number of hydrogen-bond acceptors (Lipinski definition) is 4. The maximum atomic E-state index is 11.6. The first-order valence-corrected chi connectivity index (χ1v) is 5.86. The van der Waals surface area contributed by atoms with E-state index in [1.807, 2.05) is 6.92 Å². The van der Waals surface area contributed by atoms with Gasteiger partial charge in [0.15, 0.2) is 6.10 Å². The van der Waals surface area contributed by atoms with E-state index >= 15 is 0 Å². The van der Waals surface area contributed by atoms with Gasteiger partial charge in [0, 0.05) is 25.9 Å². The second-order valence-electron chi connectivity index (χ2n) is 4.57. The highest BCUT2D eigenvalue weighted by Gasteiger charge is 2.29. The predicted molar refractivity (Wildman–Crippen MR) is 63.4 cm³/mol. The van der Waals surface area contributed by atoms with Gasteiger partial charge in [0.25, 0.3) is 0 Å². The lowest BCUT2D eigenvalue weighted by molar-refractivity contribution is -0.147. The van der Waals surface area contributed by atoms with Crippen molar-refractivity contribution in [3.63, 3.8) is 0 Å². The van der Waals surface area contributed by atoms with Gasteiger partial charge >= 0.3 is 12.0 Å². The first kappa shape index (κ1) is 14.7. The number of carbonyl (C=O) groups excluding carboxylic acids is 1. The van der Waals surface area contributed by atoms with Crippen LogP contribution in [0.25, 0.3) is 0 Å². The zero-order valence-corrected chi connectivity index (χ0v) is 10.7. The minimum absolute atomic E-state index is 0.0652. The number of carboxylic acids is 1. The van der Waals surface area contributed by atoms with Crippen molar-refractivity contribution in [1.82, 2.24) is 10.6 Å². The Balaban J connectivity index is 2.34. The number of urea groups is 1. The Kier molecular flexibility index (Phi) is 5.36. The third kappa shape index (κ3) is 4.50. The Labute approximate surface area is 106 Å². The second kappa shape index (κ2) is 6.55. The van der Waals surface area contributed by atoms with Crippen LogP contribution in [0.1, 0.15) is 19.8 Å². The van der Waals surface area contributed by atoms with Crippen molar-refractivity contribution in [3.05, 3.63) is 0 Å². The number of carboxylic acid groups (broad SMARTS) is 1. The molecule has 0 aromatic heterocycles. The molecule has 1 atom stereocenters. The number of nitrogens with one attached hydrogen (secondary N) is 2. The molecule has 7 nitrogen and oxygen atoms in total. The number of ether oxygens (including phenoxy) is 2. The number of methoxy groups -OCH3 is 1. The van der Waals surface area contributed by atoms with Gasteiger partial charge in [-0.3, -0.25) is 0 Å². The summed E-state index contributed by atoms with van der Waals surface area (Å²) < 4.78 is 9.94. The van der Waals surface area contributed by atoms with Crippen LogP contribution in [0.4, 0.5) is 4.79 Å². The lowest BCUT2D eigenvalue weighted by atomic mass is 9.93. The Bertz CT molecular complexity index is 302. The summed E-state index contributed by atoms with van der Waals surface area (Å²) in [6.07, 6.45) is 0.457. The van der Waals surface area contributed by atoms with Crippen molar-refractivity contribution < 1.29 is 24.2 Å². The van der Waals surface area contributed by atoms with Crippen molar-refractivity contribution in [2.24, 2.45) is 0 Å². The van der Waals surface area contributed by atoms with Crippen molar-refractivity contribution in [3.8, 4) is 0 Å². The molecule has 1 aliphatic heterocycles. The highest BCUT2D eigenvalue weighted by molar-refractivity contribution is 5.77. The smallest absolute Gasteiger partial charge is 0.334 e. The zero-order valence-electron chi connectivity index (χ0n) is 10.7. The van der Waals surface area contributed by atoms with E-state index in [9.17, 15) is 9.59 Å². The highest BCUT2D eigenvalue weighted by Crippen LogP contribution is 2.19. The van der Waals surface area contributed by atoms with E-state index in [0.29, 0.717) is 13.2 Å². The third-order valence-corrected chi connectivity index (χ3v) is 3.02.